The molecule has 0 aliphatic rings. The van der Waals surface area contributed by atoms with Crippen LogP contribution in [-0.4, -0.2) is 39.0 Å². The highest BCUT2D eigenvalue weighted by Crippen LogP contribution is 2.23. The minimum Gasteiger partial charge on any atom is -0.480 e. The zero-order valence-electron chi connectivity index (χ0n) is 10.8. The van der Waals surface area contributed by atoms with Crippen molar-refractivity contribution < 1.29 is 14.7 Å². The number of rotatable bonds is 3. The zero-order chi connectivity index (χ0) is 14.8. The fourth-order valence-electron chi connectivity index (χ4n) is 1.47. The Kier molecular flexibility index (Phi) is 4.76. The fraction of sp³-hybridized carbons (Fsp3) is 0.417. The highest BCUT2D eigenvalue weighted by Gasteiger charge is 2.30. The average molecular weight is 305 g/mol. The van der Waals surface area contributed by atoms with Crippen molar-refractivity contribution in [3.63, 3.8) is 0 Å². The van der Waals surface area contributed by atoms with Gasteiger partial charge < -0.3 is 10.0 Å². The number of halogens is 2. The van der Waals surface area contributed by atoms with Gasteiger partial charge in [0, 0.05) is 11.7 Å². The van der Waals surface area contributed by atoms with Gasteiger partial charge in [0.15, 0.2) is 0 Å². The van der Waals surface area contributed by atoms with Gasteiger partial charge in [0.25, 0.3) is 5.91 Å². The third kappa shape index (κ3) is 4.08. The minimum absolute atomic E-state index is 0.122. The Morgan fingerprint density at radius 1 is 1.37 bits per heavy atom. The molecule has 1 N–H and O–H groups in total. The number of hydrogen-bond acceptors (Lipinski definition) is 3. The maximum atomic E-state index is 12.4. The third-order valence-electron chi connectivity index (χ3n) is 2.40. The lowest BCUT2D eigenvalue weighted by Crippen LogP contribution is -2.48. The molecule has 0 bridgehead atoms. The van der Waals surface area contributed by atoms with Crippen LogP contribution in [0.15, 0.2) is 12.3 Å². The quantitative estimate of drug-likeness (QED) is 0.872. The van der Waals surface area contributed by atoms with Gasteiger partial charge in [0.05, 0.1) is 10.6 Å². The summed E-state index contributed by atoms with van der Waals surface area (Å²) in [5, 5.41) is 9.16. The van der Waals surface area contributed by atoms with Gasteiger partial charge in [-0.3, -0.25) is 9.59 Å². The first-order chi connectivity index (χ1) is 8.62. The Hall–Kier alpha value is -1.33. The molecular weight excluding hydrogens is 291 g/mol. The van der Waals surface area contributed by atoms with Crippen LogP contribution in [0.2, 0.25) is 10.2 Å². The number of carboxylic acids is 1. The molecule has 1 heterocycles. The second-order valence-corrected chi connectivity index (χ2v) is 5.74. The molecule has 1 aromatic rings. The van der Waals surface area contributed by atoms with Gasteiger partial charge in [-0.2, -0.15) is 0 Å². The lowest BCUT2D eigenvalue weighted by atomic mass is 10.0. The summed E-state index contributed by atoms with van der Waals surface area (Å²) in [6.45, 7) is 4.80. The van der Waals surface area contributed by atoms with E-state index < -0.39 is 24.0 Å². The first-order valence-electron chi connectivity index (χ1n) is 5.47. The SMILES string of the molecule is CC(C)(C)N(CC(=O)O)C(=O)c1cc(Cl)ncc1Cl. The van der Waals surface area contributed by atoms with Gasteiger partial charge in [-0.05, 0) is 26.8 Å². The van der Waals surface area contributed by atoms with Crippen LogP contribution < -0.4 is 0 Å². The molecule has 0 saturated heterocycles. The molecule has 1 amide bonds. The summed E-state index contributed by atoms with van der Waals surface area (Å²) in [5.74, 6) is -1.59. The number of aliphatic carboxylic acids is 1. The van der Waals surface area contributed by atoms with E-state index >= 15 is 0 Å². The Bertz CT molecular complexity index is 512. The molecule has 0 aromatic carbocycles. The molecule has 0 saturated carbocycles. The predicted molar refractivity (Wildman–Crippen MR) is 72.7 cm³/mol. The van der Waals surface area contributed by atoms with Crippen LogP contribution in [0.3, 0.4) is 0 Å². The molecule has 0 spiro atoms. The van der Waals surface area contributed by atoms with E-state index in [1.54, 1.807) is 20.8 Å². The summed E-state index contributed by atoms with van der Waals surface area (Å²) < 4.78 is 0. The van der Waals surface area contributed by atoms with Crippen molar-refractivity contribution in [1.82, 2.24) is 9.88 Å². The standard InChI is InChI=1S/C12H14Cl2N2O3/c1-12(2,3)16(6-10(17)18)11(19)7-4-9(14)15-5-8(7)13/h4-5H,6H2,1-3H3,(H,17,18). The summed E-state index contributed by atoms with van der Waals surface area (Å²) in [6, 6.07) is 1.33. The first kappa shape index (κ1) is 15.7. The maximum Gasteiger partial charge on any atom is 0.323 e. The van der Waals surface area contributed by atoms with E-state index in [9.17, 15) is 9.59 Å². The second-order valence-electron chi connectivity index (χ2n) is 4.94. The Balaban J connectivity index is 3.19. The van der Waals surface area contributed by atoms with E-state index in [2.05, 4.69) is 4.98 Å². The van der Waals surface area contributed by atoms with Crippen molar-refractivity contribution in [2.24, 2.45) is 0 Å². The summed E-state index contributed by atoms with van der Waals surface area (Å²) in [7, 11) is 0. The number of amides is 1. The largest absolute Gasteiger partial charge is 0.480 e. The fourth-order valence-corrected chi connectivity index (χ4v) is 1.81. The Morgan fingerprint density at radius 3 is 2.42 bits per heavy atom. The number of carboxylic acid groups (broad SMARTS) is 1. The van der Waals surface area contributed by atoms with Crippen LogP contribution in [0.25, 0.3) is 0 Å². The van der Waals surface area contributed by atoms with E-state index in [-0.39, 0.29) is 15.7 Å². The molecule has 1 aromatic heterocycles. The van der Waals surface area contributed by atoms with E-state index in [4.69, 9.17) is 28.3 Å². The van der Waals surface area contributed by atoms with E-state index in [1.165, 1.54) is 17.2 Å². The van der Waals surface area contributed by atoms with Crippen molar-refractivity contribution in [3.8, 4) is 0 Å². The summed E-state index contributed by atoms with van der Waals surface area (Å²) in [6.07, 6.45) is 1.26. The molecule has 0 aliphatic heterocycles. The molecular formula is C12H14Cl2N2O3. The van der Waals surface area contributed by atoms with Gasteiger partial charge in [0.1, 0.15) is 11.7 Å². The van der Waals surface area contributed by atoms with Crippen LogP contribution >= 0.6 is 23.2 Å². The van der Waals surface area contributed by atoms with Gasteiger partial charge in [0.2, 0.25) is 0 Å². The minimum atomic E-state index is -1.10. The molecule has 5 nitrogen and oxygen atoms in total. The van der Waals surface area contributed by atoms with Crippen LogP contribution in [-0.2, 0) is 4.79 Å². The number of hydrogen-bond donors (Lipinski definition) is 1. The maximum absolute atomic E-state index is 12.4. The lowest BCUT2D eigenvalue weighted by Gasteiger charge is -2.34. The number of nitrogens with zero attached hydrogens (tertiary/aromatic N) is 2. The smallest absolute Gasteiger partial charge is 0.323 e. The zero-order valence-corrected chi connectivity index (χ0v) is 12.3. The van der Waals surface area contributed by atoms with Crippen molar-refractivity contribution in [2.75, 3.05) is 6.54 Å². The molecule has 19 heavy (non-hydrogen) atoms. The molecule has 7 heteroatoms. The number of aromatic nitrogens is 1. The highest BCUT2D eigenvalue weighted by molar-refractivity contribution is 6.35. The van der Waals surface area contributed by atoms with Gasteiger partial charge in [-0.25, -0.2) is 4.98 Å². The number of carbonyl (C=O) groups excluding carboxylic acids is 1. The van der Waals surface area contributed by atoms with Crippen molar-refractivity contribution in [3.05, 3.63) is 28.0 Å². The molecule has 1 rings (SSSR count). The Labute approximate surface area is 121 Å². The van der Waals surface area contributed by atoms with Crippen molar-refractivity contribution in [1.29, 1.82) is 0 Å². The first-order valence-corrected chi connectivity index (χ1v) is 6.23. The summed E-state index contributed by atoms with van der Waals surface area (Å²) in [4.78, 5) is 28.2. The predicted octanol–water partition coefficient (Wildman–Crippen LogP) is 2.71. The van der Waals surface area contributed by atoms with Gasteiger partial charge in [-0.1, -0.05) is 23.2 Å². The van der Waals surface area contributed by atoms with Gasteiger partial charge >= 0.3 is 5.97 Å². The molecule has 0 radical (unpaired) electrons. The molecule has 104 valence electrons. The monoisotopic (exact) mass is 304 g/mol. The molecule has 0 fully saturated rings. The van der Waals surface area contributed by atoms with Crippen molar-refractivity contribution >= 4 is 35.1 Å². The second kappa shape index (κ2) is 5.75. The van der Waals surface area contributed by atoms with Crippen molar-refractivity contribution in [2.45, 2.75) is 26.3 Å². The Morgan fingerprint density at radius 2 is 1.95 bits per heavy atom. The molecule has 0 unspecified atom stereocenters. The third-order valence-corrected chi connectivity index (χ3v) is 2.91. The van der Waals surface area contributed by atoms with Crippen LogP contribution in [0.5, 0.6) is 0 Å². The lowest BCUT2D eigenvalue weighted by molar-refractivity contribution is -0.138. The van der Waals surface area contributed by atoms with Crippen LogP contribution in [0, 0.1) is 0 Å². The number of pyridine rings is 1. The average Bonchev–Trinajstić information content (AvgIpc) is 2.26. The topological polar surface area (TPSA) is 70.5 Å². The summed E-state index contributed by atoms with van der Waals surface area (Å²) >= 11 is 11.6. The van der Waals surface area contributed by atoms with Crippen LogP contribution in [0.1, 0.15) is 31.1 Å². The molecule has 0 aliphatic carbocycles. The summed E-state index contributed by atoms with van der Waals surface area (Å²) in [5.41, 5.74) is -0.521. The van der Waals surface area contributed by atoms with Gasteiger partial charge in [-0.15, -0.1) is 0 Å². The highest BCUT2D eigenvalue weighted by atomic mass is 35.5. The van der Waals surface area contributed by atoms with E-state index in [0.29, 0.717) is 0 Å². The molecule has 0 atom stereocenters. The normalized spacial score (nSPS) is 11.2. The van der Waals surface area contributed by atoms with E-state index in [1.807, 2.05) is 0 Å². The van der Waals surface area contributed by atoms with Crippen LogP contribution in [0.4, 0.5) is 0 Å². The van der Waals surface area contributed by atoms with E-state index in [0.717, 1.165) is 0 Å². The number of carbonyl (C=O) groups is 2.